The van der Waals surface area contributed by atoms with E-state index in [9.17, 15) is 0 Å². The summed E-state index contributed by atoms with van der Waals surface area (Å²) in [6, 6.07) is 9.15. The number of aryl methyl sites for hydroxylation is 2. The zero-order valence-corrected chi connectivity index (χ0v) is 14.1. The van der Waals surface area contributed by atoms with Gasteiger partial charge in [-0.3, -0.25) is 0 Å². The first-order valence-corrected chi connectivity index (χ1v) is 9.43. The second-order valence-corrected chi connectivity index (χ2v) is 7.07. The summed E-state index contributed by atoms with van der Waals surface area (Å²) in [6.07, 6.45) is 10.8. The first-order valence-electron chi connectivity index (χ1n) is 9.43. The minimum absolute atomic E-state index is 1.26. The van der Waals surface area contributed by atoms with Gasteiger partial charge in [0.2, 0.25) is 0 Å². The highest BCUT2D eigenvalue weighted by atomic mass is 15.1. The predicted octanol–water partition coefficient (Wildman–Crippen LogP) is 3.74. The zero-order chi connectivity index (χ0) is 15.0. The first kappa shape index (κ1) is 16.0. The topological polar surface area (TPSA) is 6.48 Å². The Kier molecular flexibility index (Phi) is 6.32. The Balaban J connectivity index is 1.42. The number of nitrogens with zero attached hydrogens (tertiary/aromatic N) is 2. The highest BCUT2D eigenvalue weighted by Gasteiger charge is 2.12. The Morgan fingerprint density at radius 2 is 1.05 bits per heavy atom. The summed E-state index contributed by atoms with van der Waals surface area (Å²) in [5.74, 6) is 0. The van der Waals surface area contributed by atoms with Crippen LogP contribution < -0.4 is 0 Å². The maximum atomic E-state index is 2.63. The molecule has 0 aromatic heterocycles. The Morgan fingerprint density at radius 3 is 1.45 bits per heavy atom. The molecule has 2 heteroatoms. The van der Waals surface area contributed by atoms with Crippen LogP contribution in [0.5, 0.6) is 0 Å². The lowest BCUT2D eigenvalue weighted by Crippen LogP contribution is -2.21. The molecule has 1 aromatic carbocycles. The Labute approximate surface area is 136 Å². The van der Waals surface area contributed by atoms with Gasteiger partial charge in [-0.1, -0.05) is 24.3 Å². The van der Waals surface area contributed by atoms with Gasteiger partial charge in [0.15, 0.2) is 0 Å². The number of likely N-dealkylation sites (tertiary alicyclic amines) is 2. The van der Waals surface area contributed by atoms with Crippen LogP contribution in [0.1, 0.15) is 49.7 Å². The van der Waals surface area contributed by atoms with Gasteiger partial charge in [0.05, 0.1) is 0 Å². The van der Waals surface area contributed by atoms with Gasteiger partial charge in [-0.15, -0.1) is 0 Å². The molecule has 2 aliphatic heterocycles. The van der Waals surface area contributed by atoms with Crippen molar-refractivity contribution in [2.75, 3.05) is 39.3 Å². The monoisotopic (exact) mass is 300 g/mol. The van der Waals surface area contributed by atoms with E-state index >= 15 is 0 Å². The van der Waals surface area contributed by atoms with E-state index in [1.165, 1.54) is 90.6 Å². The van der Waals surface area contributed by atoms with Crippen LogP contribution in [0.25, 0.3) is 0 Å². The van der Waals surface area contributed by atoms with Gasteiger partial charge in [-0.2, -0.15) is 0 Å². The smallest absolute Gasteiger partial charge is 0.00156 e. The molecule has 0 amide bonds. The maximum absolute atomic E-state index is 2.63. The van der Waals surface area contributed by atoms with Crippen molar-refractivity contribution in [3.8, 4) is 0 Å². The van der Waals surface area contributed by atoms with Crippen LogP contribution in [-0.4, -0.2) is 49.1 Å². The second-order valence-electron chi connectivity index (χ2n) is 7.07. The molecular weight excluding hydrogens is 268 g/mol. The van der Waals surface area contributed by atoms with Crippen LogP contribution in [0.3, 0.4) is 0 Å². The van der Waals surface area contributed by atoms with Crippen LogP contribution in [0.2, 0.25) is 0 Å². The highest BCUT2D eigenvalue weighted by molar-refractivity contribution is 5.27. The third kappa shape index (κ3) is 4.82. The van der Waals surface area contributed by atoms with E-state index in [4.69, 9.17) is 0 Å². The minimum atomic E-state index is 1.26. The van der Waals surface area contributed by atoms with Crippen LogP contribution in [0, 0.1) is 0 Å². The molecule has 2 heterocycles. The van der Waals surface area contributed by atoms with E-state index in [2.05, 4.69) is 34.1 Å². The van der Waals surface area contributed by atoms with Crippen molar-refractivity contribution in [3.63, 3.8) is 0 Å². The second kappa shape index (κ2) is 8.69. The fourth-order valence-corrected chi connectivity index (χ4v) is 4.04. The molecule has 0 aliphatic carbocycles. The normalized spacial score (nSPS) is 20.0. The van der Waals surface area contributed by atoms with Crippen LogP contribution >= 0.6 is 0 Å². The lowest BCUT2D eigenvalue weighted by Gasteiger charge is -2.16. The van der Waals surface area contributed by atoms with Gasteiger partial charge < -0.3 is 9.80 Å². The fraction of sp³-hybridized carbons (Fsp3) is 0.700. The van der Waals surface area contributed by atoms with Crippen LogP contribution in [-0.2, 0) is 12.8 Å². The lowest BCUT2D eigenvalue weighted by molar-refractivity contribution is 0.332. The number of hydrogen-bond acceptors (Lipinski definition) is 2. The highest BCUT2D eigenvalue weighted by Crippen LogP contribution is 2.16. The van der Waals surface area contributed by atoms with Crippen molar-refractivity contribution >= 4 is 0 Å². The van der Waals surface area contributed by atoms with Gasteiger partial charge in [-0.25, -0.2) is 0 Å². The Hall–Kier alpha value is -0.860. The van der Waals surface area contributed by atoms with Crippen LogP contribution in [0.4, 0.5) is 0 Å². The SMILES string of the molecule is c1ccc(CCCN2CCCC2)c(CCCN2CCCC2)c1. The molecule has 2 nitrogen and oxygen atoms in total. The van der Waals surface area contributed by atoms with Crippen molar-refractivity contribution in [2.45, 2.75) is 51.4 Å². The number of hydrogen-bond donors (Lipinski definition) is 0. The van der Waals surface area contributed by atoms with E-state index in [0.29, 0.717) is 0 Å². The molecule has 2 fully saturated rings. The molecule has 0 radical (unpaired) electrons. The molecule has 2 saturated heterocycles. The molecule has 3 rings (SSSR count). The molecular formula is C20H32N2. The first-order chi connectivity index (χ1) is 10.9. The summed E-state index contributed by atoms with van der Waals surface area (Å²) < 4.78 is 0. The van der Waals surface area contributed by atoms with Crippen molar-refractivity contribution in [2.24, 2.45) is 0 Å². The zero-order valence-electron chi connectivity index (χ0n) is 14.1. The number of benzene rings is 1. The average Bonchev–Trinajstić information content (AvgIpc) is 3.22. The molecule has 2 aliphatic rings. The Bertz CT molecular complexity index is 390. The van der Waals surface area contributed by atoms with E-state index in [0.717, 1.165) is 0 Å². The third-order valence-corrected chi connectivity index (χ3v) is 5.36. The predicted molar refractivity (Wildman–Crippen MR) is 94.4 cm³/mol. The summed E-state index contributed by atoms with van der Waals surface area (Å²) in [5.41, 5.74) is 3.20. The average molecular weight is 300 g/mol. The molecule has 0 bridgehead atoms. The van der Waals surface area contributed by atoms with Gasteiger partial charge in [0, 0.05) is 0 Å². The van der Waals surface area contributed by atoms with Gasteiger partial charge in [-0.05, 0) is 102 Å². The molecule has 0 saturated carbocycles. The standard InChI is InChI=1S/C20H32N2/c1-2-10-20(12-8-18-22-15-5-6-16-22)19(9-1)11-7-17-21-13-3-4-14-21/h1-2,9-10H,3-8,11-18H2. The van der Waals surface area contributed by atoms with Crippen molar-refractivity contribution in [1.29, 1.82) is 0 Å². The molecule has 1 aromatic rings. The van der Waals surface area contributed by atoms with E-state index < -0.39 is 0 Å². The molecule has 0 spiro atoms. The summed E-state index contributed by atoms with van der Waals surface area (Å²) in [7, 11) is 0. The molecule has 0 atom stereocenters. The maximum Gasteiger partial charge on any atom is -0.00156 e. The Morgan fingerprint density at radius 1 is 0.636 bits per heavy atom. The molecule has 122 valence electrons. The van der Waals surface area contributed by atoms with Crippen molar-refractivity contribution in [3.05, 3.63) is 35.4 Å². The fourth-order valence-electron chi connectivity index (χ4n) is 4.04. The summed E-state index contributed by atoms with van der Waals surface area (Å²) >= 11 is 0. The molecule has 22 heavy (non-hydrogen) atoms. The van der Waals surface area contributed by atoms with Crippen LogP contribution in [0.15, 0.2) is 24.3 Å². The van der Waals surface area contributed by atoms with Crippen molar-refractivity contribution in [1.82, 2.24) is 9.80 Å². The number of rotatable bonds is 8. The summed E-state index contributed by atoms with van der Waals surface area (Å²) in [5, 5.41) is 0. The molecule has 0 N–H and O–H groups in total. The van der Waals surface area contributed by atoms with Gasteiger partial charge >= 0.3 is 0 Å². The summed E-state index contributed by atoms with van der Waals surface area (Å²) in [6.45, 7) is 7.91. The third-order valence-electron chi connectivity index (χ3n) is 5.36. The van der Waals surface area contributed by atoms with E-state index in [1.54, 1.807) is 11.1 Å². The van der Waals surface area contributed by atoms with E-state index in [-0.39, 0.29) is 0 Å². The summed E-state index contributed by atoms with van der Waals surface area (Å²) in [4.78, 5) is 5.27. The largest absolute Gasteiger partial charge is 0.303 e. The van der Waals surface area contributed by atoms with Gasteiger partial charge in [0.25, 0.3) is 0 Å². The van der Waals surface area contributed by atoms with E-state index in [1.807, 2.05) is 0 Å². The molecule has 0 unspecified atom stereocenters. The quantitative estimate of drug-likeness (QED) is 0.721. The van der Waals surface area contributed by atoms with Crippen molar-refractivity contribution < 1.29 is 0 Å². The lowest BCUT2D eigenvalue weighted by atomic mass is 9.99. The van der Waals surface area contributed by atoms with Gasteiger partial charge in [0.1, 0.15) is 0 Å². The minimum Gasteiger partial charge on any atom is -0.303 e.